The molecule has 25 heavy (non-hydrogen) atoms. The Labute approximate surface area is 152 Å². The Kier molecular flexibility index (Phi) is 8.52. The summed E-state index contributed by atoms with van der Waals surface area (Å²) in [5.74, 6) is -0.150. The summed E-state index contributed by atoms with van der Waals surface area (Å²) in [7, 11) is 0. The highest BCUT2D eigenvalue weighted by molar-refractivity contribution is 5.85. The van der Waals surface area contributed by atoms with Crippen LogP contribution in [0.25, 0.3) is 0 Å². The Bertz CT molecular complexity index is 532. The average molecular weight is 381 g/mol. The molecule has 0 bridgehead atoms. The van der Waals surface area contributed by atoms with Gasteiger partial charge in [0.2, 0.25) is 5.91 Å². The van der Waals surface area contributed by atoms with E-state index in [0.29, 0.717) is 12.8 Å². The predicted octanol–water partition coefficient (Wildman–Crippen LogP) is 3.54. The maximum absolute atomic E-state index is 12.5. The zero-order chi connectivity index (χ0) is 17.6. The molecule has 0 aromatic heterocycles. The van der Waals surface area contributed by atoms with Gasteiger partial charge < -0.3 is 15.0 Å². The van der Waals surface area contributed by atoms with Gasteiger partial charge in [0.1, 0.15) is 5.75 Å². The van der Waals surface area contributed by atoms with Crippen LogP contribution < -0.4 is 10.1 Å². The SMILES string of the molecule is CCCN(C(=O)CCc1ccc(OC(F)(F)F)cc1)C1CCNC1.Cl. The van der Waals surface area contributed by atoms with Crippen LogP contribution in [0.5, 0.6) is 5.75 Å². The lowest BCUT2D eigenvalue weighted by Gasteiger charge is -2.28. The van der Waals surface area contributed by atoms with Gasteiger partial charge in [0.25, 0.3) is 0 Å². The number of carbonyl (C=O) groups excluding carboxylic acids is 1. The minimum atomic E-state index is -4.69. The number of hydrogen-bond acceptors (Lipinski definition) is 3. The Morgan fingerprint density at radius 2 is 2.00 bits per heavy atom. The molecule has 1 heterocycles. The molecule has 4 nitrogen and oxygen atoms in total. The number of nitrogens with one attached hydrogen (secondary N) is 1. The van der Waals surface area contributed by atoms with Gasteiger partial charge in [-0.15, -0.1) is 25.6 Å². The molecule has 1 aliphatic rings. The van der Waals surface area contributed by atoms with E-state index in [0.717, 1.165) is 38.0 Å². The molecule has 142 valence electrons. The summed E-state index contributed by atoms with van der Waals surface area (Å²) in [6.45, 7) is 4.54. The molecule has 1 saturated heterocycles. The number of hydrogen-bond donors (Lipinski definition) is 1. The second-order valence-electron chi connectivity index (χ2n) is 5.93. The first-order chi connectivity index (χ1) is 11.4. The van der Waals surface area contributed by atoms with E-state index in [1.54, 1.807) is 12.1 Å². The van der Waals surface area contributed by atoms with Gasteiger partial charge in [-0.25, -0.2) is 0 Å². The molecule has 0 radical (unpaired) electrons. The third-order valence-corrected chi connectivity index (χ3v) is 4.04. The fourth-order valence-corrected chi connectivity index (χ4v) is 2.91. The molecule has 1 aliphatic heterocycles. The minimum absolute atomic E-state index is 0. The summed E-state index contributed by atoms with van der Waals surface area (Å²) >= 11 is 0. The second kappa shape index (κ2) is 9.87. The lowest BCUT2D eigenvalue weighted by atomic mass is 10.1. The molecule has 0 aliphatic carbocycles. The maximum atomic E-state index is 12.5. The first kappa shape index (κ1) is 21.6. The van der Waals surface area contributed by atoms with Crippen molar-refractivity contribution in [3.05, 3.63) is 29.8 Å². The molecule has 1 aromatic rings. The first-order valence-corrected chi connectivity index (χ1v) is 8.24. The molecule has 1 aromatic carbocycles. The highest BCUT2D eigenvalue weighted by Crippen LogP contribution is 2.23. The van der Waals surface area contributed by atoms with E-state index in [-0.39, 0.29) is 30.1 Å². The van der Waals surface area contributed by atoms with Gasteiger partial charge in [0.05, 0.1) is 0 Å². The van der Waals surface area contributed by atoms with E-state index >= 15 is 0 Å². The molecular formula is C17H24ClF3N2O2. The van der Waals surface area contributed by atoms with Crippen LogP contribution in [0.2, 0.25) is 0 Å². The number of ether oxygens (including phenoxy) is 1. The van der Waals surface area contributed by atoms with Crippen molar-refractivity contribution >= 4 is 18.3 Å². The number of halogens is 4. The fourth-order valence-electron chi connectivity index (χ4n) is 2.91. The van der Waals surface area contributed by atoms with Crippen molar-refractivity contribution in [2.45, 2.75) is 45.0 Å². The van der Waals surface area contributed by atoms with Crippen molar-refractivity contribution < 1.29 is 22.7 Å². The van der Waals surface area contributed by atoms with Crippen molar-refractivity contribution in [1.82, 2.24) is 10.2 Å². The van der Waals surface area contributed by atoms with Crippen LogP contribution in [0, 0.1) is 0 Å². The number of amides is 1. The van der Waals surface area contributed by atoms with Crippen molar-refractivity contribution in [2.24, 2.45) is 0 Å². The summed E-state index contributed by atoms with van der Waals surface area (Å²) in [5.41, 5.74) is 0.818. The normalized spacial score (nSPS) is 17.0. The van der Waals surface area contributed by atoms with Gasteiger partial charge in [-0.3, -0.25) is 4.79 Å². The van der Waals surface area contributed by atoms with Crippen LogP contribution in [-0.4, -0.2) is 42.8 Å². The van der Waals surface area contributed by atoms with Crippen molar-refractivity contribution in [3.63, 3.8) is 0 Å². The quantitative estimate of drug-likeness (QED) is 0.786. The van der Waals surface area contributed by atoms with E-state index < -0.39 is 6.36 Å². The van der Waals surface area contributed by atoms with Gasteiger partial charge in [-0.2, -0.15) is 0 Å². The van der Waals surface area contributed by atoms with E-state index in [1.807, 2.05) is 11.8 Å². The zero-order valence-electron chi connectivity index (χ0n) is 14.1. The number of benzene rings is 1. The Hall–Kier alpha value is -1.47. The summed E-state index contributed by atoms with van der Waals surface area (Å²) < 4.78 is 40.2. The third-order valence-electron chi connectivity index (χ3n) is 4.04. The molecule has 0 spiro atoms. The maximum Gasteiger partial charge on any atom is 0.573 e. The molecular weight excluding hydrogens is 357 g/mol. The van der Waals surface area contributed by atoms with Crippen molar-refractivity contribution in [1.29, 1.82) is 0 Å². The average Bonchev–Trinajstić information content (AvgIpc) is 3.04. The monoisotopic (exact) mass is 380 g/mol. The van der Waals surface area contributed by atoms with Gasteiger partial charge >= 0.3 is 6.36 Å². The molecule has 1 amide bonds. The summed E-state index contributed by atoms with van der Waals surface area (Å²) in [6.07, 6.45) is -1.95. The first-order valence-electron chi connectivity index (χ1n) is 8.24. The lowest BCUT2D eigenvalue weighted by molar-refractivity contribution is -0.274. The summed E-state index contributed by atoms with van der Waals surface area (Å²) in [5, 5.41) is 3.27. The Balaban J connectivity index is 0.00000312. The smallest absolute Gasteiger partial charge is 0.406 e. The number of aryl methyl sites for hydroxylation is 1. The van der Waals surface area contributed by atoms with Crippen LogP contribution in [0.15, 0.2) is 24.3 Å². The van der Waals surface area contributed by atoms with Crippen LogP contribution in [0.1, 0.15) is 31.7 Å². The lowest BCUT2D eigenvalue weighted by Crippen LogP contribution is -2.42. The molecule has 1 unspecified atom stereocenters. The minimum Gasteiger partial charge on any atom is -0.406 e. The zero-order valence-corrected chi connectivity index (χ0v) is 15.0. The second-order valence-corrected chi connectivity index (χ2v) is 5.93. The topological polar surface area (TPSA) is 41.6 Å². The third kappa shape index (κ3) is 7.12. The molecule has 2 rings (SSSR count). The van der Waals surface area contributed by atoms with Gasteiger partial charge in [-0.1, -0.05) is 19.1 Å². The summed E-state index contributed by atoms with van der Waals surface area (Å²) in [4.78, 5) is 14.4. The molecule has 1 N–H and O–H groups in total. The number of carbonyl (C=O) groups is 1. The molecule has 1 atom stereocenters. The highest BCUT2D eigenvalue weighted by Gasteiger charge is 2.31. The van der Waals surface area contributed by atoms with E-state index in [4.69, 9.17) is 0 Å². The Morgan fingerprint density at radius 1 is 1.32 bits per heavy atom. The van der Waals surface area contributed by atoms with Crippen LogP contribution in [-0.2, 0) is 11.2 Å². The van der Waals surface area contributed by atoms with Crippen LogP contribution in [0.3, 0.4) is 0 Å². The number of nitrogens with zero attached hydrogens (tertiary/aromatic N) is 1. The van der Waals surface area contributed by atoms with Crippen LogP contribution in [0.4, 0.5) is 13.2 Å². The Morgan fingerprint density at radius 3 is 2.52 bits per heavy atom. The van der Waals surface area contributed by atoms with Crippen molar-refractivity contribution in [3.8, 4) is 5.75 Å². The molecule has 8 heteroatoms. The van der Waals surface area contributed by atoms with Crippen molar-refractivity contribution in [2.75, 3.05) is 19.6 Å². The highest BCUT2D eigenvalue weighted by atomic mass is 35.5. The van der Waals surface area contributed by atoms with Gasteiger partial charge in [-0.05, 0) is 43.5 Å². The van der Waals surface area contributed by atoms with E-state index in [2.05, 4.69) is 10.1 Å². The summed E-state index contributed by atoms with van der Waals surface area (Å²) in [6, 6.07) is 5.93. The standard InChI is InChI=1S/C17H23F3N2O2.ClH/c1-2-11-22(14-9-10-21-12-14)16(23)8-5-13-3-6-15(7-4-13)24-17(18,19)20;/h3-4,6-7,14,21H,2,5,8-12H2,1H3;1H. The number of alkyl halides is 3. The van der Waals surface area contributed by atoms with E-state index in [1.165, 1.54) is 12.1 Å². The van der Waals surface area contributed by atoms with Gasteiger partial charge in [0.15, 0.2) is 0 Å². The number of rotatable bonds is 7. The predicted molar refractivity (Wildman–Crippen MR) is 92.0 cm³/mol. The molecule has 0 saturated carbocycles. The fraction of sp³-hybridized carbons (Fsp3) is 0.588. The van der Waals surface area contributed by atoms with Gasteiger partial charge in [0, 0.05) is 25.6 Å². The largest absolute Gasteiger partial charge is 0.573 e. The van der Waals surface area contributed by atoms with Crippen LogP contribution >= 0.6 is 12.4 Å². The van der Waals surface area contributed by atoms with E-state index in [9.17, 15) is 18.0 Å². The molecule has 1 fully saturated rings.